The first-order valence-electron chi connectivity index (χ1n) is 16.9. The monoisotopic (exact) mass is 609 g/mol. The SMILES string of the molecule is CC(C)c1ccc(N(C2=CC3=C(CC2)c2ccc(/C=C/c4ccccc4)cc2C3(C)C)c2ccc(/C=C/c3ccccc3)cc2)cc1. The molecule has 0 unspecified atom stereocenters. The number of hydrogen-bond donors (Lipinski definition) is 0. The van der Waals surface area contributed by atoms with Gasteiger partial charge in [0.25, 0.3) is 0 Å². The highest BCUT2D eigenvalue weighted by molar-refractivity contribution is 5.86. The molecule has 47 heavy (non-hydrogen) atoms. The highest BCUT2D eigenvalue weighted by Crippen LogP contribution is 2.52. The molecule has 7 rings (SSSR count). The zero-order valence-electron chi connectivity index (χ0n) is 27.9. The number of nitrogens with zero attached hydrogens (tertiary/aromatic N) is 1. The lowest BCUT2D eigenvalue weighted by Gasteiger charge is -2.33. The van der Waals surface area contributed by atoms with Crippen LogP contribution in [0.3, 0.4) is 0 Å². The van der Waals surface area contributed by atoms with Crippen LogP contribution >= 0.6 is 0 Å². The Morgan fingerprint density at radius 2 is 1.09 bits per heavy atom. The van der Waals surface area contributed by atoms with Crippen LogP contribution in [0.15, 0.2) is 145 Å². The van der Waals surface area contributed by atoms with E-state index in [1.54, 1.807) is 0 Å². The van der Waals surface area contributed by atoms with Gasteiger partial charge in [0.15, 0.2) is 0 Å². The highest BCUT2D eigenvalue weighted by atomic mass is 15.1. The Balaban J connectivity index is 1.23. The Hall–Kier alpha value is -5.14. The van der Waals surface area contributed by atoms with Crippen molar-refractivity contribution in [3.05, 3.63) is 184 Å². The third-order valence-corrected chi connectivity index (χ3v) is 9.77. The van der Waals surface area contributed by atoms with Crippen molar-refractivity contribution in [1.29, 1.82) is 0 Å². The summed E-state index contributed by atoms with van der Waals surface area (Å²) in [4.78, 5) is 2.48. The van der Waals surface area contributed by atoms with Crippen molar-refractivity contribution in [2.75, 3.05) is 4.90 Å². The fourth-order valence-electron chi connectivity index (χ4n) is 7.05. The van der Waals surface area contributed by atoms with E-state index in [1.165, 1.54) is 67.2 Å². The number of hydrogen-bond acceptors (Lipinski definition) is 1. The van der Waals surface area contributed by atoms with Crippen molar-refractivity contribution in [3.8, 4) is 0 Å². The van der Waals surface area contributed by atoms with Crippen molar-refractivity contribution >= 4 is 41.3 Å². The lowest BCUT2D eigenvalue weighted by atomic mass is 9.79. The number of anilines is 2. The first kappa shape index (κ1) is 30.5. The summed E-state index contributed by atoms with van der Waals surface area (Å²) in [6.45, 7) is 9.31. The molecule has 0 aliphatic heterocycles. The number of rotatable bonds is 8. The zero-order valence-corrected chi connectivity index (χ0v) is 27.9. The van der Waals surface area contributed by atoms with Crippen LogP contribution in [0.1, 0.15) is 85.4 Å². The fourth-order valence-corrected chi connectivity index (χ4v) is 7.05. The van der Waals surface area contributed by atoms with Gasteiger partial charge in [0.2, 0.25) is 0 Å². The summed E-state index contributed by atoms with van der Waals surface area (Å²) in [7, 11) is 0. The molecule has 0 bridgehead atoms. The molecule has 0 amide bonds. The lowest BCUT2D eigenvalue weighted by molar-refractivity contribution is 0.648. The number of benzene rings is 5. The maximum atomic E-state index is 2.50. The number of allylic oxidation sites excluding steroid dienone is 4. The second-order valence-electron chi connectivity index (χ2n) is 13.6. The summed E-state index contributed by atoms with van der Waals surface area (Å²) in [5, 5.41) is 0. The van der Waals surface area contributed by atoms with E-state index in [0.29, 0.717) is 5.92 Å². The minimum atomic E-state index is -0.0772. The zero-order chi connectivity index (χ0) is 32.4. The van der Waals surface area contributed by atoms with Crippen molar-refractivity contribution < 1.29 is 0 Å². The highest BCUT2D eigenvalue weighted by Gasteiger charge is 2.39. The molecule has 0 atom stereocenters. The Labute approximate surface area is 280 Å². The first-order chi connectivity index (χ1) is 22.9. The van der Waals surface area contributed by atoms with Crippen molar-refractivity contribution in [2.45, 2.75) is 51.9 Å². The van der Waals surface area contributed by atoms with Crippen LogP contribution in [0.4, 0.5) is 11.4 Å². The molecule has 0 heterocycles. The van der Waals surface area contributed by atoms with Crippen molar-refractivity contribution in [2.24, 2.45) is 0 Å². The van der Waals surface area contributed by atoms with Crippen molar-refractivity contribution in [1.82, 2.24) is 0 Å². The van der Waals surface area contributed by atoms with E-state index in [9.17, 15) is 0 Å². The topological polar surface area (TPSA) is 3.24 Å². The molecular formula is C46H43N. The van der Waals surface area contributed by atoms with E-state index in [0.717, 1.165) is 12.8 Å². The second-order valence-corrected chi connectivity index (χ2v) is 13.6. The molecule has 0 radical (unpaired) electrons. The molecule has 0 saturated heterocycles. The van der Waals surface area contributed by atoms with Gasteiger partial charge in [0.05, 0.1) is 0 Å². The summed E-state index contributed by atoms with van der Waals surface area (Å²) in [6.07, 6.45) is 13.3. The maximum absolute atomic E-state index is 2.50. The average Bonchev–Trinajstić information content (AvgIpc) is 3.33. The summed E-state index contributed by atoms with van der Waals surface area (Å²) in [6, 6.07) is 46.2. The normalized spacial score (nSPS) is 15.3. The first-order valence-corrected chi connectivity index (χ1v) is 16.9. The molecular weight excluding hydrogens is 567 g/mol. The van der Waals surface area contributed by atoms with Crippen molar-refractivity contribution in [3.63, 3.8) is 0 Å². The van der Waals surface area contributed by atoms with Gasteiger partial charge in [-0.25, -0.2) is 0 Å². The van der Waals surface area contributed by atoms with Gasteiger partial charge >= 0.3 is 0 Å². The molecule has 0 fully saturated rings. The van der Waals surface area contributed by atoms with Gasteiger partial charge < -0.3 is 4.90 Å². The Morgan fingerprint density at radius 1 is 0.574 bits per heavy atom. The van der Waals surface area contributed by atoms with Crippen LogP contribution in [0.25, 0.3) is 29.9 Å². The molecule has 0 saturated carbocycles. The molecule has 2 aliphatic carbocycles. The molecule has 2 aliphatic rings. The molecule has 5 aromatic carbocycles. The van der Waals surface area contributed by atoms with Gasteiger partial charge in [-0.1, -0.05) is 155 Å². The second kappa shape index (κ2) is 12.9. The van der Waals surface area contributed by atoms with E-state index in [1.807, 2.05) is 0 Å². The summed E-state index contributed by atoms with van der Waals surface area (Å²) >= 11 is 0. The van der Waals surface area contributed by atoms with E-state index in [-0.39, 0.29) is 5.41 Å². The van der Waals surface area contributed by atoms with Crippen LogP contribution in [0.5, 0.6) is 0 Å². The minimum absolute atomic E-state index is 0.0772. The molecule has 0 N–H and O–H groups in total. The van der Waals surface area contributed by atoms with E-state index in [4.69, 9.17) is 0 Å². The summed E-state index contributed by atoms with van der Waals surface area (Å²) in [5.74, 6) is 0.500. The van der Waals surface area contributed by atoms with Crippen LogP contribution < -0.4 is 4.90 Å². The molecule has 5 aromatic rings. The van der Waals surface area contributed by atoms with Crippen LogP contribution in [-0.4, -0.2) is 0 Å². The van der Waals surface area contributed by atoms with Gasteiger partial charge in [-0.2, -0.15) is 0 Å². The quantitative estimate of drug-likeness (QED) is 0.158. The van der Waals surface area contributed by atoms with Gasteiger partial charge in [0.1, 0.15) is 0 Å². The number of fused-ring (bicyclic) bond motifs is 2. The van der Waals surface area contributed by atoms with Crippen LogP contribution in [-0.2, 0) is 5.41 Å². The van der Waals surface area contributed by atoms with E-state index < -0.39 is 0 Å². The Morgan fingerprint density at radius 3 is 1.66 bits per heavy atom. The minimum Gasteiger partial charge on any atom is -0.314 e. The van der Waals surface area contributed by atoms with E-state index in [2.05, 4.69) is 190 Å². The predicted molar refractivity (Wildman–Crippen MR) is 204 cm³/mol. The molecule has 0 aromatic heterocycles. The summed E-state index contributed by atoms with van der Waals surface area (Å²) in [5.41, 5.74) is 15.7. The Bertz CT molecular complexity index is 1980. The lowest BCUT2D eigenvalue weighted by Crippen LogP contribution is -2.22. The van der Waals surface area contributed by atoms with E-state index >= 15 is 0 Å². The van der Waals surface area contributed by atoms with Gasteiger partial charge in [-0.3, -0.25) is 0 Å². The molecule has 1 nitrogen and oxygen atoms in total. The predicted octanol–water partition coefficient (Wildman–Crippen LogP) is 12.7. The Kier molecular flexibility index (Phi) is 8.39. The van der Waals surface area contributed by atoms with Gasteiger partial charge in [-0.15, -0.1) is 0 Å². The third kappa shape index (κ3) is 6.31. The largest absolute Gasteiger partial charge is 0.314 e. The average molecular weight is 610 g/mol. The third-order valence-electron chi connectivity index (χ3n) is 9.77. The standard InChI is InChI=1S/C46H43N/c1-33(2)38-22-26-40(27-23-38)47(39-24-19-36(20-25-39)16-15-34-11-7-5-8-12-34)41-28-30-43-42-29-21-37(18-17-35-13-9-6-10-14-35)31-44(42)46(3,4)45(43)32-41/h5-27,29,31-33H,28,30H2,1-4H3/b16-15+,18-17+. The smallest absolute Gasteiger partial charge is 0.0458 e. The fraction of sp³-hybridized carbons (Fsp3) is 0.174. The van der Waals surface area contributed by atoms with Crippen LogP contribution in [0.2, 0.25) is 0 Å². The van der Waals surface area contributed by atoms with Gasteiger partial charge in [-0.05, 0) is 99.2 Å². The summed E-state index contributed by atoms with van der Waals surface area (Å²) < 4.78 is 0. The molecule has 1 heteroatoms. The molecule has 0 spiro atoms. The van der Waals surface area contributed by atoms with Gasteiger partial charge in [0, 0.05) is 22.5 Å². The molecule has 232 valence electrons. The maximum Gasteiger partial charge on any atom is 0.0458 e. The van der Waals surface area contributed by atoms with Crippen LogP contribution in [0, 0.1) is 0 Å².